The maximum absolute atomic E-state index is 5.69. The second-order valence-electron chi connectivity index (χ2n) is 12.7. The van der Waals surface area contributed by atoms with Gasteiger partial charge in [-0.2, -0.15) is 0 Å². The molecule has 38 heavy (non-hydrogen) atoms. The number of nitrogens with one attached hydrogen (secondary N) is 4. The predicted octanol–water partition coefficient (Wildman–Crippen LogP) is 5.50. The molecular formula is C33H47N5. The number of fused-ring (bicyclic) bond motifs is 2. The third kappa shape index (κ3) is 4.96. The van der Waals surface area contributed by atoms with E-state index >= 15 is 0 Å². The van der Waals surface area contributed by atoms with Crippen LogP contribution in [0.2, 0.25) is 0 Å². The van der Waals surface area contributed by atoms with Gasteiger partial charge in [-0.25, -0.2) is 0 Å². The highest BCUT2D eigenvalue weighted by atomic mass is 15.1. The van der Waals surface area contributed by atoms with Crippen LogP contribution in [0.25, 0.3) is 11.1 Å². The molecule has 5 nitrogen and oxygen atoms in total. The molecule has 7 rings (SSSR count). The summed E-state index contributed by atoms with van der Waals surface area (Å²) in [4.78, 5) is 5.69. The Morgan fingerprint density at radius 2 is 1.05 bits per heavy atom. The second kappa shape index (κ2) is 11.4. The number of hydrogen-bond donors (Lipinski definition) is 4. The summed E-state index contributed by atoms with van der Waals surface area (Å²) < 4.78 is 0. The minimum absolute atomic E-state index is 0.368. The lowest BCUT2D eigenvalue weighted by Gasteiger charge is -2.39. The Kier molecular flexibility index (Phi) is 7.54. The average molecular weight is 514 g/mol. The van der Waals surface area contributed by atoms with Crippen LogP contribution in [0.15, 0.2) is 30.3 Å². The zero-order chi connectivity index (χ0) is 25.3. The molecule has 2 saturated carbocycles. The Morgan fingerprint density at radius 3 is 1.58 bits per heavy atom. The zero-order valence-corrected chi connectivity index (χ0v) is 23.1. The topological polar surface area (TPSA) is 61.0 Å². The van der Waals surface area contributed by atoms with E-state index in [1.54, 1.807) is 11.1 Å². The highest BCUT2D eigenvalue weighted by Gasteiger charge is 2.36. The van der Waals surface area contributed by atoms with Gasteiger partial charge in [-0.15, -0.1) is 0 Å². The Labute approximate surface area is 229 Å². The third-order valence-electron chi connectivity index (χ3n) is 10.3. The molecule has 4 aliphatic carbocycles. The second-order valence-corrected chi connectivity index (χ2v) is 12.7. The SMILES string of the molecule is c1ccc(-c2c3c4nc5c2CCCC5NC2CCCC[C@H]2NCCNC2CCCCC2NC4CCC3)cc1. The lowest BCUT2D eigenvalue weighted by atomic mass is 9.78. The summed E-state index contributed by atoms with van der Waals surface area (Å²) in [5.74, 6) is 0. The fraction of sp³-hybridized carbons (Fsp3) is 0.667. The van der Waals surface area contributed by atoms with Gasteiger partial charge in [0.15, 0.2) is 0 Å². The van der Waals surface area contributed by atoms with Crippen molar-refractivity contribution in [2.24, 2.45) is 0 Å². The number of rotatable bonds is 1. The van der Waals surface area contributed by atoms with E-state index in [4.69, 9.17) is 4.98 Å². The van der Waals surface area contributed by atoms with Gasteiger partial charge in [0.05, 0.1) is 23.5 Å². The van der Waals surface area contributed by atoms with Crippen LogP contribution in [0, 0.1) is 0 Å². The Hall–Kier alpha value is -1.79. The molecule has 0 radical (unpaired) electrons. The Bertz CT molecular complexity index is 1040. The monoisotopic (exact) mass is 513 g/mol. The van der Waals surface area contributed by atoms with Gasteiger partial charge in [0.2, 0.25) is 0 Å². The summed E-state index contributed by atoms with van der Waals surface area (Å²) in [6.45, 7) is 2.14. The van der Waals surface area contributed by atoms with Crippen molar-refractivity contribution in [2.75, 3.05) is 13.1 Å². The molecule has 2 bridgehead atoms. The van der Waals surface area contributed by atoms with Crippen LogP contribution in [0.4, 0.5) is 0 Å². The smallest absolute Gasteiger partial charge is 0.0615 e. The maximum Gasteiger partial charge on any atom is 0.0615 e. The molecule has 0 saturated heterocycles. The number of benzene rings is 1. The van der Waals surface area contributed by atoms with E-state index in [2.05, 4.69) is 51.6 Å². The van der Waals surface area contributed by atoms with E-state index in [1.165, 1.54) is 99.6 Å². The molecule has 1 aromatic carbocycles. The zero-order valence-electron chi connectivity index (χ0n) is 23.1. The van der Waals surface area contributed by atoms with Crippen LogP contribution >= 0.6 is 0 Å². The Morgan fingerprint density at radius 1 is 0.553 bits per heavy atom. The largest absolute Gasteiger partial charge is 0.311 e. The van der Waals surface area contributed by atoms with E-state index in [0.29, 0.717) is 36.3 Å². The van der Waals surface area contributed by atoms with Crippen molar-refractivity contribution >= 4 is 0 Å². The molecule has 2 fully saturated rings. The number of nitrogens with zero attached hydrogens (tertiary/aromatic N) is 1. The summed E-state index contributed by atoms with van der Waals surface area (Å²) in [5, 5.41) is 16.4. The predicted molar refractivity (Wildman–Crippen MR) is 155 cm³/mol. The molecule has 6 atom stereocenters. The van der Waals surface area contributed by atoms with Gasteiger partial charge in [0, 0.05) is 37.3 Å². The first kappa shape index (κ1) is 25.2. The van der Waals surface area contributed by atoms with Crippen molar-refractivity contribution in [3.63, 3.8) is 0 Å². The molecule has 2 heterocycles. The molecule has 5 aliphatic rings. The molecule has 1 aromatic heterocycles. The van der Waals surface area contributed by atoms with E-state index < -0.39 is 0 Å². The molecule has 0 spiro atoms. The third-order valence-corrected chi connectivity index (χ3v) is 10.3. The van der Waals surface area contributed by atoms with Gasteiger partial charge < -0.3 is 21.3 Å². The highest BCUT2D eigenvalue weighted by Crippen LogP contribution is 2.43. The molecule has 5 heteroatoms. The van der Waals surface area contributed by atoms with Crippen molar-refractivity contribution in [1.82, 2.24) is 26.3 Å². The normalized spacial score (nSPS) is 33.8. The van der Waals surface area contributed by atoms with Crippen LogP contribution in [0.1, 0.15) is 112 Å². The first-order valence-corrected chi connectivity index (χ1v) is 15.9. The van der Waals surface area contributed by atoms with Crippen molar-refractivity contribution in [1.29, 1.82) is 0 Å². The standard InChI is InChI=1S/C33H47N5/c1-2-10-22(11-3-1)31-23-12-8-18-29-32(23)38-33-24(31)13-9-19-30(33)37-28-17-7-5-15-26(28)35-21-20-34-25-14-4-6-16-27(25)36-29/h1-3,10-11,25-30,34-37H,4-9,12-21H2/t25-,26?,27?,28?,29?,30?/m1/s1. The molecule has 4 N–H and O–H groups in total. The summed E-state index contributed by atoms with van der Waals surface area (Å²) in [6, 6.07) is 14.2. The van der Waals surface area contributed by atoms with Crippen molar-refractivity contribution in [3.05, 3.63) is 52.8 Å². The van der Waals surface area contributed by atoms with E-state index in [9.17, 15) is 0 Å². The molecule has 0 amide bonds. The minimum atomic E-state index is 0.368. The molecule has 1 aliphatic heterocycles. The van der Waals surface area contributed by atoms with E-state index in [0.717, 1.165) is 25.9 Å². The number of hydrogen-bond acceptors (Lipinski definition) is 5. The van der Waals surface area contributed by atoms with Crippen LogP contribution in [0.5, 0.6) is 0 Å². The fourth-order valence-corrected chi connectivity index (χ4v) is 8.48. The summed E-state index contributed by atoms with van der Waals surface area (Å²) in [7, 11) is 0. The van der Waals surface area contributed by atoms with Gasteiger partial charge in [0.25, 0.3) is 0 Å². The molecule has 204 valence electrons. The first-order valence-electron chi connectivity index (χ1n) is 15.9. The van der Waals surface area contributed by atoms with Crippen LogP contribution in [-0.4, -0.2) is 42.2 Å². The quantitative estimate of drug-likeness (QED) is 0.406. The van der Waals surface area contributed by atoms with Gasteiger partial charge in [-0.1, -0.05) is 56.0 Å². The molecular weight excluding hydrogens is 466 g/mol. The minimum Gasteiger partial charge on any atom is -0.311 e. The number of aromatic nitrogens is 1. The van der Waals surface area contributed by atoms with Crippen LogP contribution < -0.4 is 21.3 Å². The first-order chi connectivity index (χ1) is 18.8. The molecule has 5 unspecified atom stereocenters. The van der Waals surface area contributed by atoms with Crippen molar-refractivity contribution in [2.45, 2.75) is 126 Å². The Balaban J connectivity index is 1.35. The lowest BCUT2D eigenvalue weighted by Crippen LogP contribution is -2.54. The maximum atomic E-state index is 5.69. The van der Waals surface area contributed by atoms with Gasteiger partial charge >= 0.3 is 0 Å². The average Bonchev–Trinajstić information content (AvgIpc) is 2.97. The summed E-state index contributed by atoms with van der Waals surface area (Å²) >= 11 is 0. The molecule has 2 aromatic rings. The van der Waals surface area contributed by atoms with Crippen molar-refractivity contribution in [3.8, 4) is 11.1 Å². The van der Waals surface area contributed by atoms with E-state index in [1.807, 2.05) is 0 Å². The summed E-state index contributed by atoms with van der Waals surface area (Å²) in [6.07, 6.45) is 17.8. The highest BCUT2D eigenvalue weighted by molar-refractivity contribution is 5.74. The van der Waals surface area contributed by atoms with Gasteiger partial charge in [-0.3, -0.25) is 4.98 Å². The van der Waals surface area contributed by atoms with Crippen LogP contribution in [-0.2, 0) is 12.8 Å². The fourth-order valence-electron chi connectivity index (χ4n) is 8.48. The number of pyridine rings is 1. The van der Waals surface area contributed by atoms with Gasteiger partial charge in [0.1, 0.15) is 0 Å². The van der Waals surface area contributed by atoms with E-state index in [-0.39, 0.29) is 0 Å². The summed E-state index contributed by atoms with van der Waals surface area (Å²) in [5.41, 5.74) is 8.77. The van der Waals surface area contributed by atoms with Crippen molar-refractivity contribution < 1.29 is 0 Å². The van der Waals surface area contributed by atoms with Gasteiger partial charge in [-0.05, 0) is 86.5 Å². The van der Waals surface area contributed by atoms with Crippen LogP contribution in [0.3, 0.4) is 0 Å². The lowest BCUT2D eigenvalue weighted by molar-refractivity contribution is 0.243.